The van der Waals surface area contributed by atoms with Crippen LogP contribution in [0.1, 0.15) is 12.5 Å². The summed E-state index contributed by atoms with van der Waals surface area (Å²) >= 11 is 4.04. The molecular formula is C17H17NOS. The highest BCUT2D eigenvalue weighted by atomic mass is 32.1. The van der Waals surface area contributed by atoms with Crippen molar-refractivity contribution in [2.24, 2.45) is 0 Å². The third-order valence-corrected chi connectivity index (χ3v) is 4.08. The average molecular weight is 283 g/mol. The molecule has 0 aliphatic carbocycles. The second-order valence-electron chi connectivity index (χ2n) is 4.99. The predicted octanol–water partition coefficient (Wildman–Crippen LogP) is 3.86. The van der Waals surface area contributed by atoms with Crippen LogP contribution in [0.15, 0.2) is 42.5 Å². The van der Waals surface area contributed by atoms with E-state index in [4.69, 9.17) is 0 Å². The Bertz CT molecular complexity index is 788. The SMILES string of the molecule is CCn1c2ccccc2c2cc(CC(=O)CS)ccc21. The normalized spacial score (nSPS) is 11.3. The highest BCUT2D eigenvalue weighted by Crippen LogP contribution is 2.29. The van der Waals surface area contributed by atoms with Crippen LogP contribution >= 0.6 is 12.6 Å². The number of carbonyl (C=O) groups is 1. The summed E-state index contributed by atoms with van der Waals surface area (Å²) in [4.78, 5) is 11.6. The number of hydrogen-bond acceptors (Lipinski definition) is 2. The van der Waals surface area contributed by atoms with Crippen molar-refractivity contribution in [3.63, 3.8) is 0 Å². The van der Waals surface area contributed by atoms with Crippen LogP contribution in [0.3, 0.4) is 0 Å². The fourth-order valence-corrected chi connectivity index (χ4v) is 2.95. The molecule has 0 unspecified atom stereocenters. The molecule has 1 aromatic heterocycles. The molecule has 2 nitrogen and oxygen atoms in total. The van der Waals surface area contributed by atoms with E-state index in [1.807, 2.05) is 0 Å². The first kappa shape index (κ1) is 13.3. The Kier molecular flexibility index (Phi) is 3.53. The van der Waals surface area contributed by atoms with Gasteiger partial charge in [0.1, 0.15) is 5.78 Å². The Labute approximate surface area is 123 Å². The number of fused-ring (bicyclic) bond motifs is 3. The van der Waals surface area contributed by atoms with Crippen molar-refractivity contribution in [2.45, 2.75) is 19.9 Å². The lowest BCUT2D eigenvalue weighted by Gasteiger charge is -2.03. The van der Waals surface area contributed by atoms with Gasteiger partial charge >= 0.3 is 0 Å². The summed E-state index contributed by atoms with van der Waals surface area (Å²) in [6.07, 6.45) is 0.463. The van der Waals surface area contributed by atoms with Gasteiger partial charge in [0.25, 0.3) is 0 Å². The molecule has 0 aliphatic heterocycles. The molecular weight excluding hydrogens is 266 g/mol. The molecule has 3 rings (SSSR count). The molecule has 0 saturated heterocycles. The zero-order valence-corrected chi connectivity index (χ0v) is 12.4. The van der Waals surface area contributed by atoms with Gasteiger partial charge in [0.2, 0.25) is 0 Å². The average Bonchev–Trinajstić information content (AvgIpc) is 2.80. The zero-order valence-electron chi connectivity index (χ0n) is 11.5. The lowest BCUT2D eigenvalue weighted by molar-refractivity contribution is -0.115. The van der Waals surface area contributed by atoms with Gasteiger partial charge in [-0.25, -0.2) is 0 Å². The summed E-state index contributed by atoms with van der Waals surface area (Å²) in [5.74, 6) is 0.460. The van der Waals surface area contributed by atoms with Crippen LogP contribution in [0.25, 0.3) is 21.8 Å². The number of rotatable bonds is 4. The maximum Gasteiger partial charge on any atom is 0.146 e. The number of aromatic nitrogens is 1. The van der Waals surface area contributed by atoms with Crippen LogP contribution in [0.4, 0.5) is 0 Å². The van der Waals surface area contributed by atoms with Crippen LogP contribution in [0.2, 0.25) is 0 Å². The van der Waals surface area contributed by atoms with E-state index in [-0.39, 0.29) is 5.78 Å². The van der Waals surface area contributed by atoms with Crippen LogP contribution < -0.4 is 0 Å². The molecule has 20 heavy (non-hydrogen) atoms. The summed E-state index contributed by atoms with van der Waals surface area (Å²) in [7, 11) is 0. The smallest absolute Gasteiger partial charge is 0.146 e. The topological polar surface area (TPSA) is 22.0 Å². The molecule has 0 fully saturated rings. The molecule has 0 atom stereocenters. The molecule has 0 amide bonds. The molecule has 0 spiro atoms. The quantitative estimate of drug-likeness (QED) is 0.722. The largest absolute Gasteiger partial charge is 0.341 e. The minimum atomic E-state index is 0.159. The lowest BCUT2D eigenvalue weighted by Crippen LogP contribution is -2.03. The predicted molar refractivity (Wildman–Crippen MR) is 87.7 cm³/mol. The molecule has 3 aromatic rings. The highest BCUT2D eigenvalue weighted by Gasteiger charge is 2.10. The van der Waals surface area contributed by atoms with E-state index in [2.05, 4.69) is 66.6 Å². The van der Waals surface area contributed by atoms with Gasteiger partial charge in [-0.3, -0.25) is 4.79 Å². The van der Waals surface area contributed by atoms with E-state index >= 15 is 0 Å². The standard InChI is InChI=1S/C17H17NOS/c1-2-18-16-6-4-3-5-14(16)15-10-12(7-8-17(15)18)9-13(19)11-20/h3-8,10,20H,2,9,11H2,1H3. The van der Waals surface area contributed by atoms with Crippen molar-refractivity contribution in [3.8, 4) is 0 Å². The van der Waals surface area contributed by atoms with E-state index in [0.717, 1.165) is 12.1 Å². The molecule has 1 heterocycles. The summed E-state index contributed by atoms with van der Waals surface area (Å²) in [5, 5.41) is 2.48. The number of hydrogen-bond donors (Lipinski definition) is 1. The number of aryl methyl sites for hydroxylation is 1. The van der Waals surface area contributed by atoms with Gasteiger partial charge in [-0.2, -0.15) is 12.6 Å². The number of nitrogens with zero attached hydrogens (tertiary/aromatic N) is 1. The number of Topliss-reactive ketones (excluding diaryl/α,β-unsaturated/α-hetero) is 1. The monoisotopic (exact) mass is 283 g/mol. The summed E-state index contributed by atoms with van der Waals surface area (Å²) in [5.41, 5.74) is 3.55. The summed E-state index contributed by atoms with van der Waals surface area (Å²) in [6.45, 7) is 3.10. The zero-order chi connectivity index (χ0) is 14.1. The van der Waals surface area contributed by atoms with Crippen molar-refractivity contribution in [2.75, 3.05) is 5.75 Å². The molecule has 0 N–H and O–H groups in total. The highest BCUT2D eigenvalue weighted by molar-refractivity contribution is 7.81. The van der Waals surface area contributed by atoms with Gasteiger partial charge < -0.3 is 4.57 Å². The Morgan fingerprint density at radius 2 is 1.85 bits per heavy atom. The van der Waals surface area contributed by atoms with Gasteiger partial charge in [0, 0.05) is 40.5 Å². The third-order valence-electron chi connectivity index (χ3n) is 3.73. The van der Waals surface area contributed by atoms with Gasteiger partial charge in [-0.05, 0) is 30.7 Å². The number of benzene rings is 2. The third kappa shape index (κ3) is 2.12. The molecule has 0 radical (unpaired) electrons. The number of para-hydroxylation sites is 1. The van der Waals surface area contributed by atoms with E-state index < -0.39 is 0 Å². The summed E-state index contributed by atoms with van der Waals surface area (Å²) < 4.78 is 2.31. The number of ketones is 1. The maximum absolute atomic E-state index is 11.6. The summed E-state index contributed by atoms with van der Waals surface area (Å²) in [6, 6.07) is 14.7. The molecule has 102 valence electrons. The minimum Gasteiger partial charge on any atom is -0.341 e. The Morgan fingerprint density at radius 1 is 1.10 bits per heavy atom. The molecule has 0 aliphatic rings. The van der Waals surface area contributed by atoms with Gasteiger partial charge in [0.05, 0.1) is 0 Å². The number of carbonyl (C=O) groups excluding carboxylic acids is 1. The Hall–Kier alpha value is -1.74. The van der Waals surface area contributed by atoms with Crippen molar-refractivity contribution < 1.29 is 4.79 Å². The van der Waals surface area contributed by atoms with Crippen LogP contribution in [0.5, 0.6) is 0 Å². The van der Waals surface area contributed by atoms with Gasteiger partial charge in [-0.15, -0.1) is 0 Å². The van der Waals surface area contributed by atoms with E-state index in [9.17, 15) is 4.79 Å². The second-order valence-corrected chi connectivity index (χ2v) is 5.30. The van der Waals surface area contributed by atoms with Crippen molar-refractivity contribution in [1.29, 1.82) is 0 Å². The first-order valence-electron chi connectivity index (χ1n) is 6.87. The first-order valence-corrected chi connectivity index (χ1v) is 7.50. The van der Waals surface area contributed by atoms with Crippen LogP contribution in [-0.2, 0) is 17.8 Å². The Balaban J connectivity index is 2.23. The lowest BCUT2D eigenvalue weighted by atomic mass is 10.1. The van der Waals surface area contributed by atoms with E-state index in [0.29, 0.717) is 12.2 Å². The second kappa shape index (κ2) is 5.33. The van der Waals surface area contributed by atoms with Gasteiger partial charge in [-0.1, -0.05) is 24.3 Å². The maximum atomic E-state index is 11.6. The minimum absolute atomic E-state index is 0.159. The molecule has 3 heteroatoms. The van der Waals surface area contributed by atoms with Gasteiger partial charge in [0.15, 0.2) is 0 Å². The Morgan fingerprint density at radius 3 is 2.60 bits per heavy atom. The molecule has 2 aromatic carbocycles. The van der Waals surface area contributed by atoms with Crippen molar-refractivity contribution in [3.05, 3.63) is 48.0 Å². The van der Waals surface area contributed by atoms with E-state index in [1.165, 1.54) is 21.8 Å². The molecule has 0 saturated carbocycles. The van der Waals surface area contributed by atoms with Crippen LogP contribution in [0, 0.1) is 0 Å². The number of thiol groups is 1. The van der Waals surface area contributed by atoms with Crippen molar-refractivity contribution in [1.82, 2.24) is 4.57 Å². The first-order chi connectivity index (χ1) is 9.74. The fraction of sp³-hybridized carbons (Fsp3) is 0.235. The molecule has 0 bridgehead atoms. The van der Waals surface area contributed by atoms with Crippen LogP contribution in [-0.4, -0.2) is 16.1 Å². The van der Waals surface area contributed by atoms with Crippen molar-refractivity contribution >= 4 is 40.2 Å². The fourth-order valence-electron chi connectivity index (χ4n) is 2.84. The van der Waals surface area contributed by atoms with E-state index in [1.54, 1.807) is 0 Å².